The van der Waals surface area contributed by atoms with Gasteiger partial charge in [0.1, 0.15) is 0 Å². The Labute approximate surface area is 149 Å². The number of carboxylic acid groups (broad SMARTS) is 1. The zero-order chi connectivity index (χ0) is 17.8. The first-order valence-electron chi connectivity index (χ1n) is 9.41. The van der Waals surface area contributed by atoms with Crippen molar-refractivity contribution in [3.63, 3.8) is 0 Å². The van der Waals surface area contributed by atoms with Crippen molar-refractivity contribution in [1.29, 1.82) is 0 Å². The summed E-state index contributed by atoms with van der Waals surface area (Å²) in [5.41, 5.74) is 2.32. The minimum Gasteiger partial charge on any atom is -0.481 e. The van der Waals surface area contributed by atoms with Gasteiger partial charge in [0.25, 0.3) is 0 Å². The lowest BCUT2D eigenvalue weighted by Crippen LogP contribution is -2.51. The summed E-state index contributed by atoms with van der Waals surface area (Å²) >= 11 is 0. The van der Waals surface area contributed by atoms with Gasteiger partial charge in [-0.3, -0.25) is 14.5 Å². The largest absolute Gasteiger partial charge is 0.481 e. The number of rotatable bonds is 5. The van der Waals surface area contributed by atoms with E-state index in [0.717, 1.165) is 51.0 Å². The third-order valence-corrected chi connectivity index (χ3v) is 5.60. The summed E-state index contributed by atoms with van der Waals surface area (Å²) in [7, 11) is 0. The number of fused-ring (bicyclic) bond motifs is 1. The van der Waals surface area contributed by atoms with E-state index in [1.54, 1.807) is 0 Å². The number of para-hydroxylation sites is 1. The first kappa shape index (κ1) is 17.9. The number of anilines is 1. The molecule has 2 heterocycles. The highest BCUT2D eigenvalue weighted by Gasteiger charge is 2.32. The van der Waals surface area contributed by atoms with Gasteiger partial charge in [0.05, 0.1) is 6.04 Å². The molecule has 5 nitrogen and oxygen atoms in total. The van der Waals surface area contributed by atoms with Gasteiger partial charge in [0.2, 0.25) is 5.91 Å². The van der Waals surface area contributed by atoms with Crippen LogP contribution in [-0.2, 0) is 16.0 Å². The minimum atomic E-state index is -0.730. The molecule has 1 fully saturated rings. The zero-order valence-corrected chi connectivity index (χ0v) is 15.0. The fourth-order valence-electron chi connectivity index (χ4n) is 4.16. The van der Waals surface area contributed by atoms with Crippen molar-refractivity contribution < 1.29 is 14.7 Å². The molecule has 2 aliphatic heterocycles. The number of likely N-dealkylation sites (tertiary alicyclic amines) is 1. The minimum absolute atomic E-state index is 0.154. The van der Waals surface area contributed by atoms with Crippen molar-refractivity contribution in [2.45, 2.75) is 51.5 Å². The number of amides is 1. The van der Waals surface area contributed by atoms with Crippen LogP contribution in [0.5, 0.6) is 0 Å². The summed E-state index contributed by atoms with van der Waals surface area (Å²) in [5, 5.41) is 8.90. The normalized spacial score (nSPS) is 22.3. The van der Waals surface area contributed by atoms with Crippen LogP contribution in [-0.4, -0.2) is 47.6 Å². The van der Waals surface area contributed by atoms with Gasteiger partial charge in [0.15, 0.2) is 0 Å². The molecule has 1 aromatic rings. The highest BCUT2D eigenvalue weighted by molar-refractivity contribution is 5.98. The van der Waals surface area contributed by atoms with E-state index >= 15 is 0 Å². The summed E-state index contributed by atoms with van der Waals surface area (Å²) < 4.78 is 0. The predicted octanol–water partition coefficient (Wildman–Crippen LogP) is 2.93. The molecule has 0 aliphatic carbocycles. The second-order valence-electron chi connectivity index (χ2n) is 7.33. The molecule has 1 saturated heterocycles. The Morgan fingerprint density at radius 2 is 2.04 bits per heavy atom. The van der Waals surface area contributed by atoms with Crippen molar-refractivity contribution in [3.8, 4) is 0 Å². The number of hydrogen-bond donors (Lipinski definition) is 1. The van der Waals surface area contributed by atoms with E-state index in [9.17, 15) is 9.59 Å². The van der Waals surface area contributed by atoms with Crippen molar-refractivity contribution in [1.82, 2.24) is 4.90 Å². The topological polar surface area (TPSA) is 60.9 Å². The number of carboxylic acids is 1. The summed E-state index contributed by atoms with van der Waals surface area (Å²) in [6.07, 6.45) is 5.08. The van der Waals surface area contributed by atoms with E-state index in [0.29, 0.717) is 12.3 Å². The Hall–Kier alpha value is -1.88. The SMILES string of the molecule is CC(C(=O)N1CCCc2ccccc21)N1CCCC(CCC(=O)O)C1. The van der Waals surface area contributed by atoms with Gasteiger partial charge < -0.3 is 10.0 Å². The monoisotopic (exact) mass is 344 g/mol. The van der Waals surface area contributed by atoms with Crippen molar-refractivity contribution in [2.75, 3.05) is 24.5 Å². The lowest BCUT2D eigenvalue weighted by atomic mass is 9.92. The highest BCUT2D eigenvalue weighted by atomic mass is 16.4. The van der Waals surface area contributed by atoms with Crippen LogP contribution < -0.4 is 4.90 Å². The number of aryl methyl sites for hydroxylation is 1. The first-order valence-corrected chi connectivity index (χ1v) is 9.41. The molecule has 2 atom stereocenters. The summed E-state index contributed by atoms with van der Waals surface area (Å²) in [4.78, 5) is 28.1. The Morgan fingerprint density at radius 3 is 2.84 bits per heavy atom. The van der Waals surface area contributed by atoms with E-state index in [1.807, 2.05) is 30.0 Å². The van der Waals surface area contributed by atoms with E-state index in [1.165, 1.54) is 5.56 Å². The molecule has 0 aromatic heterocycles. The summed E-state index contributed by atoms with van der Waals surface area (Å²) in [5.74, 6) is -0.175. The average Bonchev–Trinajstić information content (AvgIpc) is 2.65. The van der Waals surface area contributed by atoms with Gasteiger partial charge in [-0.2, -0.15) is 0 Å². The number of aliphatic carboxylic acids is 1. The Bertz CT molecular complexity index is 631. The van der Waals surface area contributed by atoms with Crippen molar-refractivity contribution in [2.24, 2.45) is 5.92 Å². The average molecular weight is 344 g/mol. The number of carbonyl (C=O) groups excluding carboxylic acids is 1. The zero-order valence-electron chi connectivity index (χ0n) is 15.0. The van der Waals surface area contributed by atoms with E-state index in [2.05, 4.69) is 11.0 Å². The van der Waals surface area contributed by atoms with E-state index < -0.39 is 5.97 Å². The van der Waals surface area contributed by atoms with Crippen LogP contribution in [0.1, 0.15) is 44.6 Å². The van der Waals surface area contributed by atoms with Gasteiger partial charge in [-0.1, -0.05) is 18.2 Å². The van der Waals surface area contributed by atoms with Crippen LogP contribution in [0.15, 0.2) is 24.3 Å². The van der Waals surface area contributed by atoms with Crippen LogP contribution >= 0.6 is 0 Å². The van der Waals surface area contributed by atoms with Crippen LogP contribution in [0.25, 0.3) is 0 Å². The van der Waals surface area contributed by atoms with Gasteiger partial charge in [-0.15, -0.1) is 0 Å². The molecule has 2 unspecified atom stereocenters. The maximum Gasteiger partial charge on any atom is 0.303 e. The predicted molar refractivity (Wildman–Crippen MR) is 97.7 cm³/mol. The molecule has 1 amide bonds. The molecule has 0 saturated carbocycles. The molecule has 1 aromatic carbocycles. The van der Waals surface area contributed by atoms with Gasteiger partial charge in [0, 0.05) is 25.2 Å². The number of carbonyl (C=O) groups is 2. The second-order valence-corrected chi connectivity index (χ2v) is 7.33. The van der Waals surface area contributed by atoms with E-state index in [4.69, 9.17) is 5.11 Å². The number of nitrogens with zero attached hydrogens (tertiary/aromatic N) is 2. The van der Waals surface area contributed by atoms with E-state index in [-0.39, 0.29) is 18.4 Å². The lowest BCUT2D eigenvalue weighted by Gasteiger charge is -2.39. The Morgan fingerprint density at radius 1 is 1.24 bits per heavy atom. The van der Waals surface area contributed by atoms with Gasteiger partial charge >= 0.3 is 5.97 Å². The Kier molecular flexibility index (Phi) is 5.74. The van der Waals surface area contributed by atoms with Crippen LogP contribution in [0.4, 0.5) is 5.69 Å². The molecule has 3 rings (SSSR count). The molecule has 2 aliphatic rings. The maximum atomic E-state index is 13.1. The molecule has 1 N–H and O–H groups in total. The fraction of sp³-hybridized carbons (Fsp3) is 0.600. The van der Waals surface area contributed by atoms with Crippen LogP contribution in [0.3, 0.4) is 0 Å². The van der Waals surface area contributed by atoms with Crippen LogP contribution in [0.2, 0.25) is 0 Å². The molecule has 0 bridgehead atoms. The van der Waals surface area contributed by atoms with Crippen molar-refractivity contribution >= 4 is 17.6 Å². The molecule has 0 spiro atoms. The number of hydrogen-bond acceptors (Lipinski definition) is 3. The maximum absolute atomic E-state index is 13.1. The van der Waals surface area contributed by atoms with Crippen molar-refractivity contribution in [3.05, 3.63) is 29.8 Å². The number of piperidine rings is 1. The molecule has 5 heteroatoms. The fourth-order valence-corrected chi connectivity index (χ4v) is 4.16. The molecular weight excluding hydrogens is 316 g/mol. The highest BCUT2D eigenvalue weighted by Crippen LogP contribution is 2.29. The third kappa shape index (κ3) is 4.21. The summed E-state index contributed by atoms with van der Waals surface area (Å²) in [6, 6.07) is 8.04. The molecule has 0 radical (unpaired) electrons. The lowest BCUT2D eigenvalue weighted by molar-refractivity contribution is -0.137. The Balaban J connectivity index is 1.65. The first-order chi connectivity index (χ1) is 12.1. The quantitative estimate of drug-likeness (QED) is 0.892. The molecule has 25 heavy (non-hydrogen) atoms. The second kappa shape index (κ2) is 8.00. The van der Waals surface area contributed by atoms with Gasteiger partial charge in [-0.25, -0.2) is 0 Å². The third-order valence-electron chi connectivity index (χ3n) is 5.60. The van der Waals surface area contributed by atoms with Gasteiger partial charge in [-0.05, 0) is 63.1 Å². The smallest absolute Gasteiger partial charge is 0.303 e. The van der Waals surface area contributed by atoms with Crippen LogP contribution in [0, 0.1) is 5.92 Å². The molecular formula is C20H28N2O3. The molecule has 136 valence electrons. The number of benzene rings is 1. The standard InChI is InChI=1S/C20H28N2O3/c1-15(21-12-4-6-16(14-21)10-11-19(23)24)20(25)22-13-5-8-17-7-2-3-9-18(17)22/h2-3,7,9,15-16H,4-6,8,10-14H2,1H3,(H,23,24). The summed E-state index contributed by atoms with van der Waals surface area (Å²) in [6.45, 7) is 4.54.